The number of rotatable bonds is 4. The summed E-state index contributed by atoms with van der Waals surface area (Å²) in [4.78, 5) is 11.0. The van der Waals surface area contributed by atoms with Crippen molar-refractivity contribution in [2.75, 3.05) is 18.5 Å². The molecule has 0 bridgehead atoms. The Kier molecular flexibility index (Phi) is 3.81. The molecule has 1 aromatic rings. The molecule has 1 heterocycles. The molecule has 0 aromatic heterocycles. The zero-order chi connectivity index (χ0) is 13.1. The van der Waals surface area contributed by atoms with Gasteiger partial charge in [0.2, 0.25) is 0 Å². The first-order valence-corrected chi connectivity index (χ1v) is 5.96. The third-order valence-corrected chi connectivity index (χ3v) is 3.30. The second kappa shape index (κ2) is 5.35. The summed E-state index contributed by atoms with van der Waals surface area (Å²) >= 11 is 0. The number of anilines is 1. The van der Waals surface area contributed by atoms with Gasteiger partial charge in [-0.25, -0.2) is 9.18 Å². The van der Waals surface area contributed by atoms with E-state index in [4.69, 9.17) is 9.84 Å². The maximum Gasteiger partial charge on any atom is 0.337 e. The highest BCUT2D eigenvalue weighted by atomic mass is 19.1. The molecule has 98 valence electrons. The Morgan fingerprint density at radius 3 is 3.00 bits per heavy atom. The summed E-state index contributed by atoms with van der Waals surface area (Å²) in [6, 6.07) is 3.74. The molecule has 0 saturated carbocycles. The van der Waals surface area contributed by atoms with Gasteiger partial charge in [-0.1, -0.05) is 0 Å². The number of benzene rings is 1. The Morgan fingerprint density at radius 1 is 1.61 bits per heavy atom. The standard InChI is InChI=1S/C13H16FNO3/c1-8-9(4-5-18-8)7-15-12-3-2-10(14)6-11(12)13(16)17/h2-3,6,8-9,15H,4-5,7H2,1H3,(H,16,17). The highest BCUT2D eigenvalue weighted by molar-refractivity contribution is 5.94. The number of carboxylic acids is 1. The van der Waals surface area contributed by atoms with Gasteiger partial charge in [0, 0.05) is 24.8 Å². The number of aromatic carboxylic acids is 1. The lowest BCUT2D eigenvalue weighted by atomic mass is 10.0. The van der Waals surface area contributed by atoms with Gasteiger partial charge in [0.15, 0.2) is 0 Å². The lowest BCUT2D eigenvalue weighted by Crippen LogP contribution is -2.21. The van der Waals surface area contributed by atoms with Crippen molar-refractivity contribution >= 4 is 11.7 Å². The minimum Gasteiger partial charge on any atom is -0.478 e. The first-order chi connectivity index (χ1) is 8.58. The summed E-state index contributed by atoms with van der Waals surface area (Å²) < 4.78 is 18.4. The Bertz CT molecular complexity index is 450. The van der Waals surface area contributed by atoms with E-state index in [9.17, 15) is 9.18 Å². The van der Waals surface area contributed by atoms with E-state index in [2.05, 4.69) is 5.32 Å². The quantitative estimate of drug-likeness (QED) is 0.864. The summed E-state index contributed by atoms with van der Waals surface area (Å²) in [5.41, 5.74) is 0.407. The SMILES string of the molecule is CC1OCCC1CNc1ccc(F)cc1C(=O)O. The molecule has 4 nitrogen and oxygen atoms in total. The lowest BCUT2D eigenvalue weighted by molar-refractivity contribution is 0.0697. The van der Waals surface area contributed by atoms with Crippen LogP contribution in [0.2, 0.25) is 0 Å². The van der Waals surface area contributed by atoms with E-state index in [1.54, 1.807) is 0 Å². The highest BCUT2D eigenvalue weighted by Crippen LogP contribution is 2.23. The first kappa shape index (κ1) is 12.8. The number of carbonyl (C=O) groups is 1. The maximum absolute atomic E-state index is 13.0. The third kappa shape index (κ3) is 2.79. The smallest absolute Gasteiger partial charge is 0.337 e. The van der Waals surface area contributed by atoms with Gasteiger partial charge in [-0.15, -0.1) is 0 Å². The molecule has 1 aliphatic heterocycles. The number of halogens is 1. The van der Waals surface area contributed by atoms with Crippen molar-refractivity contribution in [2.24, 2.45) is 5.92 Å². The maximum atomic E-state index is 13.0. The second-order valence-corrected chi connectivity index (χ2v) is 4.50. The predicted octanol–water partition coefficient (Wildman–Crippen LogP) is 2.36. The molecule has 2 unspecified atom stereocenters. The van der Waals surface area contributed by atoms with Crippen LogP contribution in [0.4, 0.5) is 10.1 Å². The largest absolute Gasteiger partial charge is 0.478 e. The first-order valence-electron chi connectivity index (χ1n) is 5.96. The predicted molar refractivity (Wildman–Crippen MR) is 65.4 cm³/mol. The molecule has 2 atom stereocenters. The van der Waals surface area contributed by atoms with Crippen LogP contribution in [-0.4, -0.2) is 30.3 Å². The molecular formula is C13H16FNO3. The van der Waals surface area contributed by atoms with Crippen LogP contribution in [0, 0.1) is 11.7 Å². The number of hydrogen-bond acceptors (Lipinski definition) is 3. The number of hydrogen-bond donors (Lipinski definition) is 2. The molecule has 1 saturated heterocycles. The molecule has 1 aromatic carbocycles. The molecule has 1 fully saturated rings. The van der Waals surface area contributed by atoms with Crippen molar-refractivity contribution in [3.05, 3.63) is 29.6 Å². The fourth-order valence-corrected chi connectivity index (χ4v) is 2.13. The van der Waals surface area contributed by atoms with Gasteiger partial charge in [-0.05, 0) is 31.5 Å². The minimum absolute atomic E-state index is 0.0402. The van der Waals surface area contributed by atoms with Crippen LogP contribution in [-0.2, 0) is 4.74 Å². The van der Waals surface area contributed by atoms with Gasteiger partial charge in [0.1, 0.15) is 5.82 Å². The average Bonchev–Trinajstić information content (AvgIpc) is 2.73. The van der Waals surface area contributed by atoms with Crippen molar-refractivity contribution in [2.45, 2.75) is 19.4 Å². The van der Waals surface area contributed by atoms with E-state index in [0.717, 1.165) is 19.1 Å². The third-order valence-electron chi connectivity index (χ3n) is 3.30. The molecular weight excluding hydrogens is 237 g/mol. The van der Waals surface area contributed by atoms with E-state index in [1.165, 1.54) is 12.1 Å². The normalized spacial score (nSPS) is 23.0. The van der Waals surface area contributed by atoms with E-state index in [0.29, 0.717) is 18.2 Å². The molecule has 18 heavy (non-hydrogen) atoms. The fraction of sp³-hybridized carbons (Fsp3) is 0.462. The van der Waals surface area contributed by atoms with Crippen LogP contribution < -0.4 is 5.32 Å². The summed E-state index contributed by atoms with van der Waals surface area (Å²) in [7, 11) is 0. The van der Waals surface area contributed by atoms with Crippen LogP contribution in [0.1, 0.15) is 23.7 Å². The fourth-order valence-electron chi connectivity index (χ4n) is 2.13. The number of nitrogens with one attached hydrogen (secondary N) is 1. The molecule has 0 aliphatic carbocycles. The Labute approximate surface area is 105 Å². The van der Waals surface area contributed by atoms with Gasteiger partial charge in [0.05, 0.1) is 11.7 Å². The molecule has 2 N–H and O–H groups in total. The summed E-state index contributed by atoms with van der Waals surface area (Å²) in [6.07, 6.45) is 1.13. The lowest BCUT2D eigenvalue weighted by Gasteiger charge is -2.16. The van der Waals surface area contributed by atoms with Crippen LogP contribution in [0.25, 0.3) is 0 Å². The van der Waals surface area contributed by atoms with Gasteiger partial charge in [-0.2, -0.15) is 0 Å². The van der Waals surface area contributed by atoms with Gasteiger partial charge in [0.25, 0.3) is 0 Å². The average molecular weight is 253 g/mol. The molecule has 5 heteroatoms. The van der Waals surface area contributed by atoms with E-state index in [-0.39, 0.29) is 11.7 Å². The second-order valence-electron chi connectivity index (χ2n) is 4.50. The van der Waals surface area contributed by atoms with Crippen molar-refractivity contribution in [3.63, 3.8) is 0 Å². The number of ether oxygens (including phenoxy) is 1. The summed E-state index contributed by atoms with van der Waals surface area (Å²) in [6.45, 7) is 3.37. The van der Waals surface area contributed by atoms with Gasteiger partial charge < -0.3 is 15.2 Å². The molecule has 2 rings (SSSR count). The zero-order valence-electron chi connectivity index (χ0n) is 10.1. The van der Waals surface area contributed by atoms with Crippen LogP contribution in [0.15, 0.2) is 18.2 Å². The number of carboxylic acid groups (broad SMARTS) is 1. The monoisotopic (exact) mass is 253 g/mol. The van der Waals surface area contributed by atoms with E-state index < -0.39 is 11.8 Å². The van der Waals surface area contributed by atoms with E-state index >= 15 is 0 Å². The van der Waals surface area contributed by atoms with Crippen molar-refractivity contribution < 1.29 is 19.0 Å². The molecule has 0 radical (unpaired) electrons. The van der Waals surface area contributed by atoms with Crippen LogP contribution in [0.3, 0.4) is 0 Å². The van der Waals surface area contributed by atoms with Crippen LogP contribution >= 0.6 is 0 Å². The highest BCUT2D eigenvalue weighted by Gasteiger charge is 2.24. The van der Waals surface area contributed by atoms with Crippen molar-refractivity contribution in [1.82, 2.24) is 0 Å². The Balaban J connectivity index is 2.06. The summed E-state index contributed by atoms with van der Waals surface area (Å²) in [5.74, 6) is -1.32. The molecule has 1 aliphatic rings. The summed E-state index contributed by atoms with van der Waals surface area (Å²) in [5, 5.41) is 12.1. The van der Waals surface area contributed by atoms with Crippen LogP contribution in [0.5, 0.6) is 0 Å². The zero-order valence-corrected chi connectivity index (χ0v) is 10.1. The van der Waals surface area contributed by atoms with Crippen molar-refractivity contribution in [3.8, 4) is 0 Å². The van der Waals surface area contributed by atoms with Crippen molar-refractivity contribution in [1.29, 1.82) is 0 Å². The minimum atomic E-state index is -1.13. The topological polar surface area (TPSA) is 58.6 Å². The Hall–Kier alpha value is -1.62. The Morgan fingerprint density at radius 2 is 2.39 bits per heavy atom. The molecule has 0 spiro atoms. The molecule has 0 amide bonds. The van der Waals surface area contributed by atoms with E-state index in [1.807, 2.05) is 6.92 Å². The van der Waals surface area contributed by atoms with Gasteiger partial charge >= 0.3 is 5.97 Å². The van der Waals surface area contributed by atoms with Gasteiger partial charge in [-0.3, -0.25) is 0 Å².